The SMILES string of the molecule is NC(=O)c1ccc2c(-c3ccc(-n4nc5ccc(Cl)cc5n4)c(O)c3)c(C(N)=O)c(-c3ccc(-n4nc5ccc(Cl)cc5n4)c(O)c3)cc2c1. The third kappa shape index (κ3) is 5.19. The third-order valence-electron chi connectivity index (χ3n) is 8.34. The van der Waals surface area contributed by atoms with Crippen LogP contribution in [0.4, 0.5) is 0 Å². The minimum Gasteiger partial charge on any atom is -0.506 e. The summed E-state index contributed by atoms with van der Waals surface area (Å²) in [6.07, 6.45) is 0. The molecule has 12 nitrogen and oxygen atoms in total. The van der Waals surface area contributed by atoms with Gasteiger partial charge in [0.05, 0.1) is 5.56 Å². The summed E-state index contributed by atoms with van der Waals surface area (Å²) in [6, 6.07) is 26.2. The van der Waals surface area contributed by atoms with E-state index in [0.717, 1.165) is 0 Å². The third-order valence-corrected chi connectivity index (χ3v) is 8.81. The molecule has 14 heteroatoms. The van der Waals surface area contributed by atoms with E-state index in [1.165, 1.54) is 21.7 Å². The first-order valence-electron chi connectivity index (χ1n) is 15.0. The number of aromatic nitrogens is 6. The summed E-state index contributed by atoms with van der Waals surface area (Å²) in [5, 5.41) is 42.3. The lowest BCUT2D eigenvalue weighted by Gasteiger charge is -2.18. The molecule has 0 fully saturated rings. The molecule has 0 aliphatic rings. The Morgan fingerprint density at radius 2 is 1.12 bits per heavy atom. The number of aromatic hydroxyl groups is 2. The smallest absolute Gasteiger partial charge is 0.249 e. The molecule has 8 aromatic rings. The van der Waals surface area contributed by atoms with Crippen molar-refractivity contribution in [1.82, 2.24) is 30.0 Å². The molecule has 0 aliphatic carbocycles. The largest absolute Gasteiger partial charge is 0.506 e. The number of primary amides is 2. The molecule has 0 radical (unpaired) electrons. The highest BCUT2D eigenvalue weighted by atomic mass is 35.5. The van der Waals surface area contributed by atoms with E-state index in [0.29, 0.717) is 65.1 Å². The van der Waals surface area contributed by atoms with Crippen LogP contribution in [-0.4, -0.2) is 52.0 Å². The molecule has 2 amide bonds. The number of nitrogens with two attached hydrogens (primary N) is 2. The van der Waals surface area contributed by atoms with Crippen molar-refractivity contribution in [2.75, 3.05) is 0 Å². The molecule has 8 rings (SSSR count). The highest BCUT2D eigenvalue weighted by Crippen LogP contribution is 2.42. The van der Waals surface area contributed by atoms with Gasteiger partial charge in [-0.3, -0.25) is 9.59 Å². The summed E-state index contributed by atoms with van der Waals surface area (Å²) in [6.45, 7) is 0. The number of amides is 2. The van der Waals surface area contributed by atoms with Gasteiger partial charge in [-0.1, -0.05) is 41.4 Å². The average Bonchev–Trinajstić information content (AvgIpc) is 3.70. The number of benzene rings is 6. The Labute approximate surface area is 291 Å². The Balaban J connectivity index is 1.31. The van der Waals surface area contributed by atoms with E-state index >= 15 is 0 Å². The van der Waals surface area contributed by atoms with E-state index in [1.807, 2.05) is 0 Å². The minimum atomic E-state index is -0.767. The number of halogens is 2. The summed E-state index contributed by atoms with van der Waals surface area (Å²) in [5.41, 5.74) is 16.4. The molecule has 0 unspecified atom stereocenters. The van der Waals surface area contributed by atoms with E-state index < -0.39 is 11.8 Å². The Bertz CT molecular complexity index is 2740. The number of hydrogen-bond donors (Lipinski definition) is 4. The van der Waals surface area contributed by atoms with E-state index in [2.05, 4.69) is 20.4 Å². The van der Waals surface area contributed by atoms with Crippen LogP contribution in [0.2, 0.25) is 10.0 Å². The van der Waals surface area contributed by atoms with Crippen LogP contribution >= 0.6 is 23.2 Å². The summed E-state index contributed by atoms with van der Waals surface area (Å²) in [7, 11) is 0. The van der Waals surface area contributed by atoms with Crippen LogP contribution in [0.1, 0.15) is 20.7 Å². The zero-order valence-electron chi connectivity index (χ0n) is 25.5. The van der Waals surface area contributed by atoms with Gasteiger partial charge in [0.25, 0.3) is 0 Å². The number of hydrogen-bond acceptors (Lipinski definition) is 8. The van der Waals surface area contributed by atoms with Gasteiger partial charge in [0, 0.05) is 21.2 Å². The van der Waals surface area contributed by atoms with Gasteiger partial charge in [0.2, 0.25) is 11.8 Å². The molecule has 0 spiro atoms. The van der Waals surface area contributed by atoms with Crippen LogP contribution in [0.5, 0.6) is 11.5 Å². The lowest BCUT2D eigenvalue weighted by Crippen LogP contribution is -2.15. The molecule has 50 heavy (non-hydrogen) atoms. The monoisotopic (exact) mass is 700 g/mol. The molecule has 2 heterocycles. The lowest BCUT2D eigenvalue weighted by molar-refractivity contribution is 0.0992. The predicted molar refractivity (Wildman–Crippen MR) is 190 cm³/mol. The van der Waals surface area contributed by atoms with Crippen LogP contribution in [-0.2, 0) is 0 Å². The van der Waals surface area contributed by atoms with Crippen molar-refractivity contribution < 1.29 is 19.8 Å². The molecular weight excluding hydrogens is 679 g/mol. The minimum absolute atomic E-state index is 0.110. The van der Waals surface area contributed by atoms with E-state index in [9.17, 15) is 19.8 Å². The van der Waals surface area contributed by atoms with Crippen LogP contribution in [0.25, 0.3) is 66.5 Å². The lowest BCUT2D eigenvalue weighted by atomic mass is 9.86. The number of fused-ring (bicyclic) bond motifs is 3. The molecule has 0 atom stereocenters. The van der Waals surface area contributed by atoms with Gasteiger partial charge in [0.1, 0.15) is 44.9 Å². The quantitative estimate of drug-likeness (QED) is 0.150. The van der Waals surface area contributed by atoms with E-state index in [-0.39, 0.29) is 34.0 Å². The highest BCUT2D eigenvalue weighted by molar-refractivity contribution is 6.31. The van der Waals surface area contributed by atoms with E-state index in [1.54, 1.807) is 84.9 Å². The molecular formula is C36H22Cl2N8O4. The first kappa shape index (κ1) is 30.8. The first-order chi connectivity index (χ1) is 24.0. The fourth-order valence-corrected chi connectivity index (χ4v) is 6.38. The van der Waals surface area contributed by atoms with E-state index in [4.69, 9.17) is 34.7 Å². The number of nitrogens with zero attached hydrogens (tertiary/aromatic N) is 6. The molecule has 0 saturated heterocycles. The topological polar surface area (TPSA) is 188 Å². The fraction of sp³-hybridized carbons (Fsp3) is 0. The van der Waals surface area contributed by atoms with Crippen molar-refractivity contribution in [3.63, 3.8) is 0 Å². The van der Waals surface area contributed by atoms with Crippen molar-refractivity contribution in [3.05, 3.63) is 118 Å². The maximum atomic E-state index is 13.4. The zero-order valence-corrected chi connectivity index (χ0v) is 27.1. The predicted octanol–water partition coefficient (Wildman–Crippen LogP) is 6.56. The fourth-order valence-electron chi connectivity index (χ4n) is 6.04. The Kier molecular flexibility index (Phi) is 7.14. The molecule has 0 bridgehead atoms. The maximum absolute atomic E-state index is 13.4. The molecule has 244 valence electrons. The van der Waals surface area contributed by atoms with Gasteiger partial charge in [-0.2, -0.15) is 0 Å². The van der Waals surface area contributed by atoms with Gasteiger partial charge in [-0.25, -0.2) is 0 Å². The van der Waals surface area contributed by atoms with Crippen molar-refractivity contribution >= 4 is 67.9 Å². The summed E-state index contributed by atoms with van der Waals surface area (Å²) >= 11 is 12.2. The summed E-state index contributed by atoms with van der Waals surface area (Å²) < 4.78 is 0. The van der Waals surface area contributed by atoms with Crippen molar-refractivity contribution in [2.45, 2.75) is 0 Å². The highest BCUT2D eigenvalue weighted by Gasteiger charge is 2.23. The molecule has 0 saturated carbocycles. The van der Waals surface area contributed by atoms with Gasteiger partial charge in [-0.05, 0) is 106 Å². The summed E-state index contributed by atoms with van der Waals surface area (Å²) in [4.78, 5) is 28.1. The van der Waals surface area contributed by atoms with Crippen molar-refractivity contribution in [1.29, 1.82) is 0 Å². The van der Waals surface area contributed by atoms with Crippen molar-refractivity contribution in [2.24, 2.45) is 11.5 Å². The van der Waals surface area contributed by atoms with Crippen LogP contribution in [0.15, 0.2) is 97.1 Å². The molecule has 0 aliphatic heterocycles. The second-order valence-electron chi connectivity index (χ2n) is 11.5. The molecule has 2 aromatic heterocycles. The number of phenolic OH excluding ortho intramolecular Hbond substituents is 2. The number of phenols is 2. The van der Waals surface area contributed by atoms with Gasteiger partial charge in [-0.15, -0.1) is 30.0 Å². The number of carbonyl (C=O) groups is 2. The Morgan fingerprint density at radius 3 is 1.66 bits per heavy atom. The number of rotatable bonds is 6. The van der Waals surface area contributed by atoms with Crippen LogP contribution < -0.4 is 11.5 Å². The standard InChI is InChI=1S/C36H22Cl2N8O4/c37-21-4-7-25-27(15-21)43-45(41-25)29-9-2-17(13-31(29)47)24-12-20-11-19(35(39)49)1-6-23(20)33(34(24)36(40)50)18-3-10-30(32(48)14-18)46-42-26-8-5-22(38)16-28(26)44-46/h1-16,47-48H,(H2,39,49)(H2,40,50). The van der Waals surface area contributed by atoms with Gasteiger partial charge < -0.3 is 21.7 Å². The van der Waals surface area contributed by atoms with Crippen LogP contribution in [0, 0.1) is 0 Å². The van der Waals surface area contributed by atoms with Gasteiger partial charge >= 0.3 is 0 Å². The molecule has 6 aromatic carbocycles. The van der Waals surface area contributed by atoms with Crippen LogP contribution in [0.3, 0.4) is 0 Å². The second kappa shape index (κ2) is 11.6. The zero-order chi connectivity index (χ0) is 34.8. The Hall–Kier alpha value is -6.50. The number of carbonyl (C=O) groups excluding carboxylic acids is 2. The van der Waals surface area contributed by atoms with Gasteiger partial charge in [0.15, 0.2) is 0 Å². The van der Waals surface area contributed by atoms with Crippen molar-refractivity contribution in [3.8, 4) is 45.1 Å². The normalized spacial score (nSPS) is 11.5. The molecule has 6 N–H and O–H groups in total. The first-order valence-corrected chi connectivity index (χ1v) is 15.7. The summed E-state index contributed by atoms with van der Waals surface area (Å²) in [5.74, 6) is -1.77. The maximum Gasteiger partial charge on any atom is 0.249 e. The second-order valence-corrected chi connectivity index (χ2v) is 12.4. The average molecular weight is 702 g/mol. The Morgan fingerprint density at radius 1 is 0.580 bits per heavy atom.